The van der Waals surface area contributed by atoms with Crippen LogP contribution in [0.25, 0.3) is 11.3 Å². The average Bonchev–Trinajstić information content (AvgIpc) is 3.59. The lowest BCUT2D eigenvalue weighted by atomic mass is 9.85. The second kappa shape index (κ2) is 11.2. The third-order valence-electron chi connectivity index (χ3n) is 7.94. The van der Waals surface area contributed by atoms with Gasteiger partial charge >= 0.3 is 6.03 Å². The first-order chi connectivity index (χ1) is 20.6. The van der Waals surface area contributed by atoms with Crippen LogP contribution in [0.3, 0.4) is 0 Å². The lowest BCUT2D eigenvalue weighted by Gasteiger charge is -2.32. The van der Waals surface area contributed by atoms with Gasteiger partial charge in [-0.2, -0.15) is 5.10 Å². The summed E-state index contributed by atoms with van der Waals surface area (Å²) in [6.45, 7) is 12.6. The predicted octanol–water partition coefficient (Wildman–Crippen LogP) is 7.42. The smallest absolute Gasteiger partial charge is 0.320 e. The Bertz CT molecular complexity index is 1760. The predicted molar refractivity (Wildman–Crippen MR) is 168 cm³/mol. The third kappa shape index (κ3) is 5.84. The Kier molecular flexibility index (Phi) is 7.42. The van der Waals surface area contributed by atoms with Crippen LogP contribution in [0.15, 0.2) is 72.9 Å². The van der Waals surface area contributed by atoms with Crippen molar-refractivity contribution in [2.75, 3.05) is 5.32 Å². The number of nitrogens with zero attached hydrogens (tertiary/aromatic N) is 5. The maximum absolute atomic E-state index is 13.4. The number of urea groups is 1. The SMILES string of the molecule is Cc1ccc(-n2nc(C(C)(C)C)cc2NC(=O)N[C@H]2CC[C@H](Oc3ccc4nnc(C(C)C)n4c3)c3ccccc32)cc1. The van der Waals surface area contributed by atoms with Gasteiger partial charge < -0.3 is 10.1 Å². The van der Waals surface area contributed by atoms with Crippen molar-refractivity contribution in [1.29, 1.82) is 0 Å². The number of carbonyl (C=O) groups excluding carboxylic acids is 1. The van der Waals surface area contributed by atoms with Gasteiger partial charge in [0.05, 0.1) is 23.6 Å². The summed E-state index contributed by atoms with van der Waals surface area (Å²) in [5.74, 6) is 2.53. The first-order valence-corrected chi connectivity index (χ1v) is 14.9. The number of fused-ring (bicyclic) bond motifs is 2. The second-order valence-corrected chi connectivity index (χ2v) is 12.7. The quantitative estimate of drug-likeness (QED) is 0.219. The Morgan fingerprint density at radius 1 is 0.977 bits per heavy atom. The minimum Gasteiger partial charge on any atom is -0.484 e. The van der Waals surface area contributed by atoms with Crippen molar-refractivity contribution in [3.8, 4) is 11.4 Å². The van der Waals surface area contributed by atoms with Gasteiger partial charge in [-0.15, -0.1) is 10.2 Å². The molecule has 2 amide bonds. The van der Waals surface area contributed by atoms with Crippen molar-refractivity contribution < 1.29 is 9.53 Å². The fourth-order valence-corrected chi connectivity index (χ4v) is 5.57. The minimum atomic E-state index is -0.271. The second-order valence-electron chi connectivity index (χ2n) is 12.7. The van der Waals surface area contributed by atoms with E-state index in [2.05, 4.69) is 74.5 Å². The maximum atomic E-state index is 13.4. The van der Waals surface area contributed by atoms with Gasteiger partial charge in [-0.25, -0.2) is 9.48 Å². The number of pyridine rings is 1. The summed E-state index contributed by atoms with van der Waals surface area (Å²) in [6.07, 6.45) is 3.33. The standard InChI is InChI=1S/C34H39N7O2/c1-21(2)32-38-37-30-18-15-24(20-40(30)32)43-28-17-16-27(25-9-7-8-10-26(25)28)35-33(42)36-31-19-29(34(4,5)6)39-41(31)23-13-11-22(3)12-14-23/h7-15,18-21,27-28H,16-17H2,1-6H3,(H2,35,36,42)/t27-,28-/m0/s1. The van der Waals surface area contributed by atoms with Crippen LogP contribution in [0, 0.1) is 6.92 Å². The van der Waals surface area contributed by atoms with Crippen molar-refractivity contribution in [3.63, 3.8) is 0 Å². The molecule has 1 aliphatic rings. The van der Waals surface area contributed by atoms with Gasteiger partial charge in [0.1, 0.15) is 23.5 Å². The molecule has 1 aliphatic carbocycles. The van der Waals surface area contributed by atoms with E-state index in [0.29, 0.717) is 5.82 Å². The number of aryl methyl sites for hydroxylation is 1. The number of ether oxygens (including phenoxy) is 1. The third-order valence-corrected chi connectivity index (χ3v) is 7.94. The molecule has 2 N–H and O–H groups in total. The summed E-state index contributed by atoms with van der Waals surface area (Å²) in [5.41, 5.74) is 5.72. The van der Waals surface area contributed by atoms with Gasteiger partial charge in [0, 0.05) is 17.4 Å². The molecule has 0 fully saturated rings. The lowest BCUT2D eigenvalue weighted by Crippen LogP contribution is -2.36. The molecule has 0 spiro atoms. The zero-order valence-electron chi connectivity index (χ0n) is 25.6. The summed E-state index contributed by atoms with van der Waals surface area (Å²) < 4.78 is 10.3. The van der Waals surface area contributed by atoms with E-state index in [9.17, 15) is 4.79 Å². The van der Waals surface area contributed by atoms with E-state index in [-0.39, 0.29) is 29.5 Å². The van der Waals surface area contributed by atoms with E-state index in [0.717, 1.165) is 58.1 Å². The number of benzene rings is 2. The van der Waals surface area contributed by atoms with E-state index in [1.807, 2.05) is 65.2 Å². The summed E-state index contributed by atoms with van der Waals surface area (Å²) in [5, 5.41) is 19.7. The Labute approximate surface area is 252 Å². The first kappa shape index (κ1) is 28.5. The van der Waals surface area contributed by atoms with Crippen LogP contribution < -0.4 is 15.4 Å². The van der Waals surface area contributed by atoms with Crippen LogP contribution in [0.4, 0.5) is 10.6 Å². The monoisotopic (exact) mass is 577 g/mol. The fraction of sp³-hybridized carbons (Fsp3) is 0.353. The maximum Gasteiger partial charge on any atom is 0.320 e. The molecular weight excluding hydrogens is 538 g/mol. The van der Waals surface area contributed by atoms with Crippen LogP contribution in [-0.4, -0.2) is 30.4 Å². The highest BCUT2D eigenvalue weighted by molar-refractivity contribution is 5.89. The number of rotatable bonds is 6. The van der Waals surface area contributed by atoms with E-state index in [1.165, 1.54) is 0 Å². The number of carbonyl (C=O) groups is 1. The highest BCUT2D eigenvalue weighted by atomic mass is 16.5. The number of hydrogen-bond donors (Lipinski definition) is 2. The molecule has 0 bridgehead atoms. The zero-order chi connectivity index (χ0) is 30.3. The number of anilines is 1. The Balaban J connectivity index is 1.21. The molecule has 3 aromatic heterocycles. The van der Waals surface area contributed by atoms with Crippen molar-refractivity contribution in [2.24, 2.45) is 0 Å². The summed E-state index contributed by atoms with van der Waals surface area (Å²) >= 11 is 0. The number of amides is 2. The summed E-state index contributed by atoms with van der Waals surface area (Å²) in [4.78, 5) is 13.4. The number of nitrogens with one attached hydrogen (secondary N) is 2. The van der Waals surface area contributed by atoms with Gasteiger partial charge in [-0.3, -0.25) is 9.72 Å². The zero-order valence-corrected chi connectivity index (χ0v) is 25.6. The highest BCUT2D eigenvalue weighted by Crippen LogP contribution is 2.39. The van der Waals surface area contributed by atoms with E-state index in [1.54, 1.807) is 4.68 Å². The molecule has 3 heterocycles. The van der Waals surface area contributed by atoms with Gasteiger partial charge in [0.2, 0.25) is 0 Å². The molecule has 2 atom stereocenters. The Morgan fingerprint density at radius 2 is 1.72 bits per heavy atom. The van der Waals surface area contributed by atoms with Crippen molar-refractivity contribution in [2.45, 2.75) is 77.9 Å². The number of aromatic nitrogens is 5. The average molecular weight is 578 g/mol. The molecule has 0 saturated heterocycles. The van der Waals surface area contributed by atoms with Crippen LogP contribution in [0.2, 0.25) is 0 Å². The van der Waals surface area contributed by atoms with Crippen LogP contribution >= 0.6 is 0 Å². The summed E-state index contributed by atoms with van der Waals surface area (Å²) in [7, 11) is 0. The lowest BCUT2D eigenvalue weighted by molar-refractivity contribution is 0.171. The van der Waals surface area contributed by atoms with Crippen LogP contribution in [-0.2, 0) is 5.41 Å². The van der Waals surface area contributed by atoms with Crippen molar-refractivity contribution in [1.82, 2.24) is 29.7 Å². The Hall–Kier alpha value is -4.66. The molecule has 0 saturated carbocycles. The van der Waals surface area contributed by atoms with Crippen molar-refractivity contribution >= 4 is 17.5 Å². The van der Waals surface area contributed by atoms with Crippen molar-refractivity contribution in [3.05, 3.63) is 101 Å². The highest BCUT2D eigenvalue weighted by Gasteiger charge is 2.30. The van der Waals surface area contributed by atoms with Gasteiger partial charge in [0.15, 0.2) is 5.65 Å². The van der Waals surface area contributed by atoms with E-state index >= 15 is 0 Å². The molecule has 9 heteroatoms. The van der Waals surface area contributed by atoms with Gasteiger partial charge in [-0.05, 0) is 55.2 Å². The summed E-state index contributed by atoms with van der Waals surface area (Å²) in [6, 6.07) is 21.7. The minimum absolute atomic E-state index is 0.133. The van der Waals surface area contributed by atoms with Gasteiger partial charge in [0.25, 0.3) is 0 Å². The largest absolute Gasteiger partial charge is 0.484 e. The van der Waals surface area contributed by atoms with E-state index in [4.69, 9.17) is 9.84 Å². The molecule has 6 rings (SSSR count). The molecule has 0 aliphatic heterocycles. The van der Waals surface area contributed by atoms with E-state index < -0.39 is 0 Å². The fourth-order valence-electron chi connectivity index (χ4n) is 5.57. The molecule has 0 radical (unpaired) electrons. The molecule has 9 nitrogen and oxygen atoms in total. The van der Waals surface area contributed by atoms with Gasteiger partial charge in [-0.1, -0.05) is 76.6 Å². The normalized spacial score (nSPS) is 16.7. The topological polar surface area (TPSA) is 98.4 Å². The molecule has 2 aromatic carbocycles. The molecular formula is C34H39N7O2. The van der Waals surface area contributed by atoms with Crippen LogP contribution in [0.1, 0.15) is 93.7 Å². The van der Waals surface area contributed by atoms with Crippen LogP contribution in [0.5, 0.6) is 5.75 Å². The molecule has 43 heavy (non-hydrogen) atoms. The number of hydrogen-bond acceptors (Lipinski definition) is 5. The molecule has 0 unspecified atom stereocenters. The first-order valence-electron chi connectivity index (χ1n) is 14.9. The molecule has 5 aromatic rings. The Morgan fingerprint density at radius 3 is 2.44 bits per heavy atom. The molecule has 222 valence electrons.